The number of rotatable bonds is 6. The van der Waals surface area contributed by atoms with Crippen molar-refractivity contribution >= 4 is 16.7 Å². The third-order valence-electron chi connectivity index (χ3n) is 4.01. The molecule has 0 bridgehead atoms. The van der Waals surface area contributed by atoms with Crippen molar-refractivity contribution in [3.8, 4) is 11.5 Å². The van der Waals surface area contributed by atoms with Crippen LogP contribution >= 0.6 is 0 Å². The normalized spacial score (nSPS) is 10.5. The lowest BCUT2D eigenvalue weighted by Gasteiger charge is -2.13. The Morgan fingerprint density at radius 3 is 2.60 bits per heavy atom. The van der Waals surface area contributed by atoms with Crippen molar-refractivity contribution in [2.75, 3.05) is 13.7 Å². The van der Waals surface area contributed by atoms with Crippen LogP contribution in [0.5, 0.6) is 11.5 Å². The molecule has 4 heteroatoms. The Balaban J connectivity index is 1.86. The van der Waals surface area contributed by atoms with Gasteiger partial charge in [0.05, 0.1) is 7.11 Å². The summed E-state index contributed by atoms with van der Waals surface area (Å²) >= 11 is 0. The zero-order valence-corrected chi connectivity index (χ0v) is 14.4. The zero-order chi connectivity index (χ0) is 17.6. The third-order valence-corrected chi connectivity index (χ3v) is 4.01. The first kappa shape index (κ1) is 16.8. The molecule has 128 valence electrons. The topological polar surface area (TPSA) is 47.6 Å². The van der Waals surface area contributed by atoms with Gasteiger partial charge in [-0.15, -0.1) is 0 Å². The van der Waals surface area contributed by atoms with E-state index in [0.717, 1.165) is 22.1 Å². The van der Waals surface area contributed by atoms with Crippen LogP contribution in [0.1, 0.15) is 22.8 Å². The Hall–Kier alpha value is -3.01. The first-order chi connectivity index (χ1) is 12.2. The molecule has 0 aromatic heterocycles. The Labute approximate surface area is 147 Å². The van der Waals surface area contributed by atoms with Crippen molar-refractivity contribution in [1.29, 1.82) is 0 Å². The average Bonchev–Trinajstić information content (AvgIpc) is 2.66. The smallest absolute Gasteiger partial charge is 0.251 e. The minimum Gasteiger partial charge on any atom is -0.496 e. The molecule has 1 N–H and O–H groups in total. The summed E-state index contributed by atoms with van der Waals surface area (Å²) in [5.41, 5.74) is 1.43. The van der Waals surface area contributed by atoms with Gasteiger partial charge in [0.1, 0.15) is 18.1 Å². The fourth-order valence-corrected chi connectivity index (χ4v) is 2.77. The molecule has 3 aromatic carbocycles. The summed E-state index contributed by atoms with van der Waals surface area (Å²) in [6.45, 7) is 2.81. The summed E-state index contributed by atoms with van der Waals surface area (Å²) in [7, 11) is 1.61. The van der Waals surface area contributed by atoms with Crippen LogP contribution < -0.4 is 14.8 Å². The number of hydrogen-bond acceptors (Lipinski definition) is 3. The largest absolute Gasteiger partial charge is 0.496 e. The van der Waals surface area contributed by atoms with E-state index in [1.54, 1.807) is 19.2 Å². The molecule has 0 unspecified atom stereocenters. The molecule has 4 nitrogen and oxygen atoms in total. The molecule has 0 saturated heterocycles. The van der Waals surface area contributed by atoms with Gasteiger partial charge in [0.15, 0.2) is 0 Å². The van der Waals surface area contributed by atoms with Crippen LogP contribution in [0.3, 0.4) is 0 Å². The number of amides is 1. The van der Waals surface area contributed by atoms with E-state index in [0.29, 0.717) is 24.5 Å². The first-order valence-electron chi connectivity index (χ1n) is 8.28. The standard InChI is InChI=1S/C21H21NO3/c1-3-22-21(23)16-11-12-19(24-2)17(13-16)14-25-20-10-6-8-15-7-4-5-9-18(15)20/h4-13H,3,14H2,1-2H3,(H,22,23). The summed E-state index contributed by atoms with van der Waals surface area (Å²) in [4.78, 5) is 12.1. The van der Waals surface area contributed by atoms with Crippen molar-refractivity contribution in [1.82, 2.24) is 5.32 Å². The summed E-state index contributed by atoms with van der Waals surface area (Å²) in [6.07, 6.45) is 0. The molecular formula is C21H21NO3. The van der Waals surface area contributed by atoms with Gasteiger partial charge in [0, 0.05) is 23.1 Å². The number of carbonyl (C=O) groups excluding carboxylic acids is 1. The second kappa shape index (κ2) is 7.71. The highest BCUT2D eigenvalue weighted by molar-refractivity contribution is 5.94. The van der Waals surface area contributed by atoms with Crippen molar-refractivity contribution in [3.05, 3.63) is 71.8 Å². The molecule has 0 aliphatic heterocycles. The van der Waals surface area contributed by atoms with Gasteiger partial charge in [-0.1, -0.05) is 36.4 Å². The van der Waals surface area contributed by atoms with E-state index in [1.807, 2.05) is 43.3 Å². The van der Waals surface area contributed by atoms with Crippen molar-refractivity contribution in [3.63, 3.8) is 0 Å². The van der Waals surface area contributed by atoms with Crippen molar-refractivity contribution < 1.29 is 14.3 Å². The average molecular weight is 335 g/mol. The highest BCUT2D eigenvalue weighted by atomic mass is 16.5. The van der Waals surface area contributed by atoms with Gasteiger partial charge >= 0.3 is 0 Å². The van der Waals surface area contributed by atoms with Crippen LogP contribution in [-0.4, -0.2) is 19.6 Å². The monoisotopic (exact) mass is 335 g/mol. The van der Waals surface area contributed by atoms with Crippen LogP contribution in [0.4, 0.5) is 0 Å². The molecule has 0 aliphatic rings. The van der Waals surface area contributed by atoms with Crippen LogP contribution in [0.15, 0.2) is 60.7 Å². The lowest BCUT2D eigenvalue weighted by atomic mass is 10.1. The summed E-state index contributed by atoms with van der Waals surface area (Å²) in [5, 5.41) is 4.99. The van der Waals surface area contributed by atoms with Gasteiger partial charge in [-0.2, -0.15) is 0 Å². The van der Waals surface area contributed by atoms with Crippen LogP contribution in [0.25, 0.3) is 10.8 Å². The minimum absolute atomic E-state index is 0.100. The summed E-state index contributed by atoms with van der Waals surface area (Å²) in [5.74, 6) is 1.41. The zero-order valence-electron chi connectivity index (χ0n) is 14.4. The molecule has 3 aromatic rings. The van der Waals surface area contributed by atoms with Crippen LogP contribution in [0, 0.1) is 0 Å². The summed E-state index contributed by atoms with van der Waals surface area (Å²) < 4.78 is 11.4. The van der Waals surface area contributed by atoms with Gasteiger partial charge < -0.3 is 14.8 Å². The minimum atomic E-state index is -0.100. The van der Waals surface area contributed by atoms with Gasteiger partial charge in [-0.05, 0) is 36.6 Å². The molecule has 1 amide bonds. The van der Waals surface area contributed by atoms with E-state index in [-0.39, 0.29) is 5.91 Å². The molecule has 0 atom stereocenters. The number of hydrogen-bond donors (Lipinski definition) is 1. The van der Waals surface area contributed by atoms with Gasteiger partial charge in [-0.3, -0.25) is 4.79 Å². The molecular weight excluding hydrogens is 314 g/mol. The molecule has 0 aliphatic carbocycles. The van der Waals surface area contributed by atoms with E-state index in [2.05, 4.69) is 17.4 Å². The predicted molar refractivity (Wildman–Crippen MR) is 99.3 cm³/mol. The Morgan fingerprint density at radius 1 is 1.00 bits per heavy atom. The maximum atomic E-state index is 12.1. The molecule has 0 spiro atoms. The number of nitrogens with one attached hydrogen (secondary N) is 1. The highest BCUT2D eigenvalue weighted by Gasteiger charge is 2.11. The highest BCUT2D eigenvalue weighted by Crippen LogP contribution is 2.28. The van der Waals surface area contributed by atoms with E-state index < -0.39 is 0 Å². The number of fused-ring (bicyclic) bond motifs is 1. The van der Waals surface area contributed by atoms with Crippen LogP contribution in [-0.2, 0) is 6.61 Å². The van der Waals surface area contributed by atoms with Gasteiger partial charge in [0.25, 0.3) is 5.91 Å². The summed E-state index contributed by atoms with van der Waals surface area (Å²) in [6, 6.07) is 19.4. The van der Waals surface area contributed by atoms with E-state index >= 15 is 0 Å². The Morgan fingerprint density at radius 2 is 1.80 bits per heavy atom. The van der Waals surface area contributed by atoms with Crippen molar-refractivity contribution in [2.24, 2.45) is 0 Å². The Kier molecular flexibility index (Phi) is 5.19. The molecule has 0 saturated carbocycles. The van der Waals surface area contributed by atoms with Gasteiger partial charge in [0.2, 0.25) is 0 Å². The first-order valence-corrected chi connectivity index (χ1v) is 8.28. The second-order valence-corrected chi connectivity index (χ2v) is 5.65. The van der Waals surface area contributed by atoms with E-state index in [4.69, 9.17) is 9.47 Å². The molecule has 0 radical (unpaired) electrons. The van der Waals surface area contributed by atoms with Crippen molar-refractivity contribution in [2.45, 2.75) is 13.5 Å². The molecule has 0 fully saturated rings. The van der Waals surface area contributed by atoms with Gasteiger partial charge in [-0.25, -0.2) is 0 Å². The number of benzene rings is 3. The maximum Gasteiger partial charge on any atom is 0.251 e. The molecule has 3 rings (SSSR count). The molecule has 0 heterocycles. The van der Waals surface area contributed by atoms with E-state index in [1.165, 1.54) is 0 Å². The Bertz CT molecular complexity index is 884. The fraction of sp³-hybridized carbons (Fsp3) is 0.190. The third kappa shape index (κ3) is 3.74. The number of carbonyl (C=O) groups is 1. The maximum absolute atomic E-state index is 12.1. The van der Waals surface area contributed by atoms with E-state index in [9.17, 15) is 4.79 Å². The predicted octanol–water partition coefficient (Wildman–Crippen LogP) is 4.18. The quantitative estimate of drug-likeness (QED) is 0.735. The lowest BCUT2D eigenvalue weighted by molar-refractivity contribution is 0.0955. The number of methoxy groups -OCH3 is 1. The SMILES string of the molecule is CCNC(=O)c1ccc(OC)c(COc2cccc3ccccc23)c1. The second-order valence-electron chi connectivity index (χ2n) is 5.65. The lowest BCUT2D eigenvalue weighted by Crippen LogP contribution is -2.22. The van der Waals surface area contributed by atoms with Crippen LogP contribution in [0.2, 0.25) is 0 Å². The molecule has 25 heavy (non-hydrogen) atoms. The fourth-order valence-electron chi connectivity index (χ4n) is 2.77. The number of ether oxygens (including phenoxy) is 2.